The van der Waals surface area contributed by atoms with E-state index in [4.69, 9.17) is 4.52 Å². The molecule has 1 amide bonds. The molecule has 120 valence electrons. The number of nitriles is 1. The first-order valence-corrected chi connectivity index (χ1v) is 7.76. The normalized spacial score (nSPS) is 10.2. The fourth-order valence-corrected chi connectivity index (χ4v) is 2.73. The summed E-state index contributed by atoms with van der Waals surface area (Å²) in [5, 5.41) is 17.8. The van der Waals surface area contributed by atoms with Gasteiger partial charge in [-0.3, -0.25) is 14.6 Å². The highest BCUT2D eigenvalue weighted by Crippen LogP contribution is 2.23. The highest BCUT2D eigenvalue weighted by Gasteiger charge is 2.17. The molecule has 0 aliphatic rings. The number of aromatic nitrogens is 3. The van der Waals surface area contributed by atoms with E-state index in [0.29, 0.717) is 10.6 Å². The lowest BCUT2D eigenvalue weighted by Gasteiger charge is -2.06. The number of rotatable bonds is 5. The molecule has 9 heteroatoms. The summed E-state index contributed by atoms with van der Waals surface area (Å²) in [5.74, 6) is 0.104. The number of nitrogens with zero attached hydrogens (tertiary/aromatic N) is 5. The van der Waals surface area contributed by atoms with E-state index < -0.39 is 0 Å². The van der Waals surface area contributed by atoms with E-state index in [0.717, 1.165) is 11.3 Å². The summed E-state index contributed by atoms with van der Waals surface area (Å²) in [5.41, 5.74) is 2.16. The zero-order valence-electron chi connectivity index (χ0n) is 13.3. The summed E-state index contributed by atoms with van der Waals surface area (Å²) in [6.07, 6.45) is 1.55. The average molecular weight is 333 g/mol. The molecule has 1 N–H and O–H groups in total. The van der Waals surface area contributed by atoms with Crippen LogP contribution in [0.3, 0.4) is 0 Å². The Morgan fingerprint density at radius 3 is 2.87 bits per heavy atom. The van der Waals surface area contributed by atoms with Gasteiger partial charge in [-0.1, -0.05) is 11.8 Å². The van der Waals surface area contributed by atoms with Crippen LogP contribution >= 0.6 is 11.8 Å². The fourth-order valence-electron chi connectivity index (χ4n) is 1.83. The molecule has 2 heterocycles. The second kappa shape index (κ2) is 7.11. The van der Waals surface area contributed by atoms with Gasteiger partial charge in [-0.05, 0) is 25.5 Å². The molecule has 2 aromatic heterocycles. The first-order valence-electron chi connectivity index (χ1n) is 6.78. The summed E-state index contributed by atoms with van der Waals surface area (Å²) in [6, 6.07) is 3.97. The van der Waals surface area contributed by atoms with Crippen LogP contribution in [0.4, 0.5) is 5.88 Å². The number of hydrogen-bond donors (Lipinski definition) is 1. The van der Waals surface area contributed by atoms with Crippen molar-refractivity contribution in [2.75, 3.05) is 30.2 Å². The summed E-state index contributed by atoms with van der Waals surface area (Å²) in [6.45, 7) is 3.71. The predicted molar refractivity (Wildman–Crippen MR) is 84.5 cm³/mol. The molecule has 0 fully saturated rings. The van der Waals surface area contributed by atoms with E-state index in [1.807, 2.05) is 19.9 Å². The maximum atomic E-state index is 12.0. The van der Waals surface area contributed by atoms with E-state index in [-0.39, 0.29) is 17.5 Å². The van der Waals surface area contributed by atoms with E-state index in [2.05, 4.69) is 21.6 Å². The first kappa shape index (κ1) is 16.8. The number of thioether (sulfide) groups is 1. The Hall–Kier alpha value is -2.60. The fraction of sp³-hybridized carbons (Fsp3) is 0.357. The molecule has 0 radical (unpaired) electrons. The number of carbonyl (C=O) groups excluding carboxylic acids is 1. The second-order valence-electron chi connectivity index (χ2n) is 5.04. The van der Waals surface area contributed by atoms with Gasteiger partial charge < -0.3 is 0 Å². The number of aryl methyl sites for hydroxylation is 2. The lowest BCUT2D eigenvalue weighted by atomic mass is 10.1. The SMILES string of the molecule is Cc1cc(C)c(C#N)c(SCC(=O)Nc2c[n+](N(C)C)no2)n1. The molecule has 0 unspecified atom stereocenters. The smallest absolute Gasteiger partial charge is 0.288 e. The Morgan fingerprint density at radius 2 is 2.26 bits per heavy atom. The molecule has 0 aromatic carbocycles. The van der Waals surface area contributed by atoms with Crippen molar-refractivity contribution in [2.45, 2.75) is 18.9 Å². The second-order valence-corrected chi connectivity index (χ2v) is 6.01. The molecule has 0 saturated heterocycles. The molecule has 0 saturated carbocycles. The zero-order valence-corrected chi connectivity index (χ0v) is 14.1. The van der Waals surface area contributed by atoms with Crippen molar-refractivity contribution in [1.82, 2.24) is 10.3 Å². The van der Waals surface area contributed by atoms with Crippen molar-refractivity contribution >= 4 is 23.6 Å². The van der Waals surface area contributed by atoms with Gasteiger partial charge >= 0.3 is 5.88 Å². The van der Waals surface area contributed by atoms with Gasteiger partial charge in [-0.15, -0.1) is 0 Å². The summed E-state index contributed by atoms with van der Waals surface area (Å²) in [4.78, 5) is 17.8. The number of hydrogen-bond acceptors (Lipinski definition) is 7. The Labute approximate surface area is 138 Å². The Balaban J connectivity index is 2.01. The predicted octanol–water partition coefficient (Wildman–Crippen LogP) is 0.774. The minimum atomic E-state index is -0.262. The first-order chi connectivity index (χ1) is 10.9. The maximum Gasteiger partial charge on any atom is 0.305 e. The number of carbonyl (C=O) groups is 1. The van der Waals surface area contributed by atoms with Crippen LogP contribution in [0.1, 0.15) is 16.8 Å². The topological polar surface area (TPSA) is 98.9 Å². The maximum absolute atomic E-state index is 12.0. The van der Waals surface area contributed by atoms with Gasteiger partial charge in [0.05, 0.1) is 30.2 Å². The van der Waals surface area contributed by atoms with E-state index in [1.54, 1.807) is 25.3 Å². The lowest BCUT2D eigenvalue weighted by molar-refractivity contribution is -0.753. The number of amides is 1. The molecule has 8 nitrogen and oxygen atoms in total. The van der Waals surface area contributed by atoms with Gasteiger partial charge in [0.1, 0.15) is 11.1 Å². The Morgan fingerprint density at radius 1 is 1.52 bits per heavy atom. The van der Waals surface area contributed by atoms with Gasteiger partial charge in [-0.2, -0.15) is 10.3 Å². The number of pyridine rings is 1. The molecule has 0 spiro atoms. The van der Waals surface area contributed by atoms with Crippen LogP contribution in [0, 0.1) is 25.2 Å². The van der Waals surface area contributed by atoms with Crippen molar-refractivity contribution in [1.29, 1.82) is 5.26 Å². The third-order valence-electron chi connectivity index (χ3n) is 2.89. The molecule has 0 bridgehead atoms. The Bertz CT molecular complexity index is 765. The van der Waals surface area contributed by atoms with Crippen LogP contribution in [0.5, 0.6) is 0 Å². The van der Waals surface area contributed by atoms with Gasteiger partial charge in [0, 0.05) is 5.69 Å². The minimum absolute atomic E-state index is 0.118. The van der Waals surface area contributed by atoms with Crippen molar-refractivity contribution in [3.63, 3.8) is 0 Å². The van der Waals surface area contributed by atoms with Crippen LogP contribution in [-0.4, -0.2) is 36.0 Å². The molecular formula is C14H17N6O2S+. The van der Waals surface area contributed by atoms with Crippen LogP contribution in [0.2, 0.25) is 0 Å². The Kier molecular flexibility index (Phi) is 5.18. The van der Waals surface area contributed by atoms with Crippen molar-refractivity contribution < 1.29 is 14.1 Å². The van der Waals surface area contributed by atoms with Gasteiger partial charge in [0.25, 0.3) is 6.20 Å². The van der Waals surface area contributed by atoms with Crippen molar-refractivity contribution in [3.05, 3.63) is 29.1 Å². The quantitative estimate of drug-likeness (QED) is 0.637. The molecule has 2 rings (SSSR count). The summed E-state index contributed by atoms with van der Waals surface area (Å²) >= 11 is 1.22. The van der Waals surface area contributed by atoms with Crippen LogP contribution in [-0.2, 0) is 4.79 Å². The molecule has 0 aliphatic carbocycles. The summed E-state index contributed by atoms with van der Waals surface area (Å²) in [7, 11) is 3.58. The molecule has 23 heavy (non-hydrogen) atoms. The van der Waals surface area contributed by atoms with E-state index >= 15 is 0 Å². The van der Waals surface area contributed by atoms with Crippen molar-refractivity contribution in [3.8, 4) is 6.07 Å². The molecular weight excluding hydrogens is 316 g/mol. The zero-order chi connectivity index (χ0) is 17.0. The van der Waals surface area contributed by atoms with E-state index in [1.165, 1.54) is 16.6 Å². The minimum Gasteiger partial charge on any atom is -0.288 e. The number of anilines is 1. The van der Waals surface area contributed by atoms with Gasteiger partial charge in [-0.25, -0.2) is 4.98 Å². The van der Waals surface area contributed by atoms with Crippen LogP contribution in [0.15, 0.2) is 21.8 Å². The van der Waals surface area contributed by atoms with E-state index in [9.17, 15) is 10.1 Å². The number of nitrogens with one attached hydrogen (secondary N) is 1. The van der Waals surface area contributed by atoms with Crippen LogP contribution in [0.25, 0.3) is 0 Å². The highest BCUT2D eigenvalue weighted by molar-refractivity contribution is 8.00. The average Bonchev–Trinajstić information content (AvgIpc) is 2.93. The van der Waals surface area contributed by atoms with Gasteiger partial charge in [0.15, 0.2) is 0 Å². The molecule has 2 aromatic rings. The standard InChI is InChI=1S/C14H16N6O2S/c1-9-5-10(2)16-14(11(9)6-15)23-8-12(21)17-13-7-20(18-22-13)19(3)4/h5,7H,8H2,1-4H3/p+1. The third kappa shape index (κ3) is 4.20. The molecule has 0 aliphatic heterocycles. The largest absolute Gasteiger partial charge is 0.305 e. The third-order valence-corrected chi connectivity index (χ3v) is 3.87. The lowest BCUT2D eigenvalue weighted by Crippen LogP contribution is -2.53. The highest BCUT2D eigenvalue weighted by atomic mass is 32.2. The van der Waals surface area contributed by atoms with Gasteiger partial charge in [0.2, 0.25) is 11.2 Å². The molecule has 0 atom stereocenters. The van der Waals surface area contributed by atoms with Crippen molar-refractivity contribution in [2.24, 2.45) is 0 Å². The monoisotopic (exact) mass is 333 g/mol. The van der Waals surface area contributed by atoms with Crippen LogP contribution < -0.4 is 15.1 Å². The summed E-state index contributed by atoms with van der Waals surface area (Å²) < 4.78 is 4.99.